The number of benzene rings is 1. The van der Waals surface area contributed by atoms with Gasteiger partial charge in [-0.15, -0.1) is 0 Å². The minimum atomic E-state index is -0.583. The molecule has 3 rings (SSSR count). The Balaban J connectivity index is 1.57. The largest absolute Gasteiger partial charge is 0.433 e. The lowest BCUT2D eigenvalue weighted by atomic mass is 10.1. The second-order valence-corrected chi connectivity index (χ2v) is 5.70. The molecule has 0 unspecified atom stereocenters. The van der Waals surface area contributed by atoms with Gasteiger partial charge < -0.3 is 14.6 Å². The summed E-state index contributed by atoms with van der Waals surface area (Å²) in [6, 6.07) is 10.5. The van der Waals surface area contributed by atoms with E-state index >= 15 is 0 Å². The predicted molar refractivity (Wildman–Crippen MR) is 89.5 cm³/mol. The van der Waals surface area contributed by atoms with Gasteiger partial charge in [0.1, 0.15) is 10.7 Å². The van der Waals surface area contributed by atoms with Crippen LogP contribution in [-0.2, 0) is 6.42 Å². The molecule has 1 saturated heterocycles. The number of hydrogen-bond acceptors (Lipinski definition) is 6. The molecule has 1 aliphatic heterocycles. The van der Waals surface area contributed by atoms with E-state index in [0.29, 0.717) is 17.7 Å². The van der Waals surface area contributed by atoms with Crippen molar-refractivity contribution in [3.63, 3.8) is 0 Å². The maximum absolute atomic E-state index is 12.2. The highest BCUT2D eigenvalue weighted by atomic mass is 16.6. The Labute approximate surface area is 139 Å². The molecule has 126 valence electrons. The smallest absolute Gasteiger partial charge is 0.406 e. The summed E-state index contributed by atoms with van der Waals surface area (Å²) in [5, 5.41) is 13.9. The van der Waals surface area contributed by atoms with Crippen molar-refractivity contribution in [2.75, 3.05) is 31.1 Å². The van der Waals surface area contributed by atoms with Gasteiger partial charge >= 0.3 is 5.88 Å². The van der Waals surface area contributed by atoms with Crippen molar-refractivity contribution in [2.45, 2.75) is 12.8 Å². The molecule has 0 bridgehead atoms. The Hall–Kier alpha value is -2.67. The van der Waals surface area contributed by atoms with Crippen LogP contribution in [0.15, 0.2) is 40.8 Å². The molecule has 1 N–H and O–H groups in total. The van der Waals surface area contributed by atoms with Crippen LogP contribution in [0.5, 0.6) is 0 Å². The standard InChI is InChI=1S/C17H19N3O4/c21-16(7-5-15-6-8-17(24-15)20(22)23)13-1-3-14(4-2-13)19-11-9-18-10-12-19/h1-4,6,8,18H,5,7,9-12H2. The molecule has 0 amide bonds. The first-order chi connectivity index (χ1) is 11.6. The molecule has 2 heterocycles. The van der Waals surface area contributed by atoms with Crippen molar-refractivity contribution in [3.05, 3.63) is 57.8 Å². The number of aryl methyl sites for hydroxylation is 1. The summed E-state index contributed by atoms with van der Waals surface area (Å²) < 4.78 is 5.07. The Morgan fingerprint density at radius 1 is 1.17 bits per heavy atom. The molecule has 24 heavy (non-hydrogen) atoms. The van der Waals surface area contributed by atoms with Gasteiger partial charge in [0.15, 0.2) is 5.78 Å². The quantitative estimate of drug-likeness (QED) is 0.497. The maximum atomic E-state index is 12.2. The second-order valence-electron chi connectivity index (χ2n) is 5.70. The van der Waals surface area contributed by atoms with Crippen molar-refractivity contribution in [2.24, 2.45) is 0 Å². The third-order valence-electron chi connectivity index (χ3n) is 4.10. The highest BCUT2D eigenvalue weighted by Gasteiger charge is 2.14. The molecule has 7 nitrogen and oxygen atoms in total. The van der Waals surface area contributed by atoms with Crippen molar-refractivity contribution in [3.8, 4) is 0 Å². The molecule has 7 heteroatoms. The number of Topliss-reactive ketones (excluding diaryl/α,β-unsaturated/α-hetero) is 1. The fraction of sp³-hybridized carbons (Fsp3) is 0.353. The number of rotatable bonds is 6. The topological polar surface area (TPSA) is 88.6 Å². The number of nitro groups is 1. The molecule has 0 spiro atoms. The average molecular weight is 329 g/mol. The zero-order valence-electron chi connectivity index (χ0n) is 13.2. The zero-order chi connectivity index (χ0) is 16.9. The van der Waals surface area contributed by atoms with Crippen molar-refractivity contribution >= 4 is 17.4 Å². The molecular formula is C17H19N3O4. The van der Waals surface area contributed by atoms with E-state index in [2.05, 4.69) is 10.2 Å². The molecule has 0 atom stereocenters. The summed E-state index contributed by atoms with van der Waals surface area (Å²) in [6.45, 7) is 3.86. The average Bonchev–Trinajstić information content (AvgIpc) is 3.10. The van der Waals surface area contributed by atoms with Crippen molar-refractivity contribution in [1.82, 2.24) is 5.32 Å². The van der Waals surface area contributed by atoms with Crippen LogP contribution in [0, 0.1) is 10.1 Å². The van der Waals surface area contributed by atoms with Crippen molar-refractivity contribution in [1.29, 1.82) is 0 Å². The summed E-state index contributed by atoms with van der Waals surface area (Å²) in [5.74, 6) is 0.159. The van der Waals surface area contributed by atoms with Crippen LogP contribution in [-0.4, -0.2) is 36.9 Å². The van der Waals surface area contributed by atoms with E-state index in [9.17, 15) is 14.9 Å². The molecule has 1 aliphatic rings. The number of carbonyl (C=O) groups excluding carboxylic acids is 1. The monoisotopic (exact) mass is 329 g/mol. The van der Waals surface area contributed by atoms with Gasteiger partial charge in [0.05, 0.1) is 6.07 Å². The number of carbonyl (C=O) groups is 1. The molecule has 1 aromatic heterocycles. The molecular weight excluding hydrogens is 310 g/mol. The number of nitrogens with one attached hydrogen (secondary N) is 1. The van der Waals surface area contributed by atoms with Crippen molar-refractivity contribution < 1.29 is 14.1 Å². The normalized spacial score (nSPS) is 14.6. The zero-order valence-corrected chi connectivity index (χ0v) is 13.2. The van der Waals surface area contributed by atoms with Gasteiger partial charge in [0, 0.05) is 50.3 Å². The van der Waals surface area contributed by atoms with Gasteiger partial charge in [-0.3, -0.25) is 14.9 Å². The highest BCUT2D eigenvalue weighted by molar-refractivity contribution is 5.96. The van der Waals surface area contributed by atoms with Gasteiger partial charge in [-0.2, -0.15) is 0 Å². The van der Waals surface area contributed by atoms with E-state index in [1.807, 2.05) is 24.3 Å². The summed E-state index contributed by atoms with van der Waals surface area (Å²) in [7, 11) is 0. The number of ketones is 1. The highest BCUT2D eigenvalue weighted by Crippen LogP contribution is 2.19. The fourth-order valence-electron chi connectivity index (χ4n) is 2.76. The van der Waals surface area contributed by atoms with Gasteiger partial charge in [0.2, 0.25) is 0 Å². The number of piperazine rings is 1. The summed E-state index contributed by atoms with van der Waals surface area (Å²) in [6.07, 6.45) is 0.615. The summed E-state index contributed by atoms with van der Waals surface area (Å²) >= 11 is 0. The molecule has 1 fully saturated rings. The third kappa shape index (κ3) is 3.80. The Bertz CT molecular complexity index is 718. The lowest BCUT2D eigenvalue weighted by Gasteiger charge is -2.29. The van der Waals surface area contributed by atoms with Gasteiger partial charge in [0.25, 0.3) is 0 Å². The molecule has 2 aromatic rings. The van der Waals surface area contributed by atoms with E-state index < -0.39 is 4.92 Å². The van der Waals surface area contributed by atoms with Crippen LogP contribution >= 0.6 is 0 Å². The lowest BCUT2D eigenvalue weighted by molar-refractivity contribution is -0.402. The lowest BCUT2D eigenvalue weighted by Crippen LogP contribution is -2.43. The van der Waals surface area contributed by atoms with Crippen LogP contribution < -0.4 is 10.2 Å². The van der Waals surface area contributed by atoms with E-state index in [-0.39, 0.29) is 18.1 Å². The first-order valence-corrected chi connectivity index (χ1v) is 7.95. The van der Waals surface area contributed by atoms with E-state index in [1.165, 1.54) is 6.07 Å². The van der Waals surface area contributed by atoms with E-state index in [4.69, 9.17) is 4.42 Å². The van der Waals surface area contributed by atoms with E-state index in [1.54, 1.807) is 6.07 Å². The molecule has 0 saturated carbocycles. The SMILES string of the molecule is O=C(CCc1ccc([N+](=O)[O-])o1)c1ccc(N2CCNCC2)cc1. The number of furan rings is 1. The fourth-order valence-corrected chi connectivity index (χ4v) is 2.76. The van der Waals surface area contributed by atoms with Gasteiger partial charge in [-0.1, -0.05) is 0 Å². The Morgan fingerprint density at radius 2 is 1.88 bits per heavy atom. The van der Waals surface area contributed by atoms with Gasteiger partial charge in [-0.05, 0) is 30.3 Å². The van der Waals surface area contributed by atoms with Crippen LogP contribution in [0.25, 0.3) is 0 Å². The van der Waals surface area contributed by atoms with Gasteiger partial charge in [-0.25, -0.2) is 0 Å². The van der Waals surface area contributed by atoms with Crippen LogP contribution in [0.3, 0.4) is 0 Å². The molecule has 1 aromatic carbocycles. The minimum absolute atomic E-state index is 0.000846. The van der Waals surface area contributed by atoms with Crippen LogP contribution in [0.2, 0.25) is 0 Å². The predicted octanol–water partition coefficient (Wildman–Crippen LogP) is 2.41. The van der Waals surface area contributed by atoms with E-state index in [0.717, 1.165) is 31.9 Å². The maximum Gasteiger partial charge on any atom is 0.433 e. The summed E-state index contributed by atoms with van der Waals surface area (Å²) in [5.41, 5.74) is 1.77. The second kappa shape index (κ2) is 7.27. The number of nitrogens with zero attached hydrogens (tertiary/aromatic N) is 2. The Morgan fingerprint density at radius 3 is 2.50 bits per heavy atom. The molecule has 0 radical (unpaired) electrons. The molecule has 0 aliphatic carbocycles. The summed E-state index contributed by atoms with van der Waals surface area (Å²) in [4.78, 5) is 24.5. The van der Waals surface area contributed by atoms with Crippen LogP contribution in [0.4, 0.5) is 11.6 Å². The van der Waals surface area contributed by atoms with Crippen LogP contribution in [0.1, 0.15) is 22.5 Å². The first-order valence-electron chi connectivity index (χ1n) is 7.95. The Kier molecular flexibility index (Phi) is 4.90. The number of anilines is 1. The first kappa shape index (κ1) is 16.2. The minimum Gasteiger partial charge on any atom is -0.406 e. The third-order valence-corrected chi connectivity index (χ3v) is 4.10. The number of hydrogen-bond donors (Lipinski definition) is 1.